The van der Waals surface area contributed by atoms with E-state index in [0.29, 0.717) is 28.6 Å². The predicted molar refractivity (Wildman–Crippen MR) is 91.4 cm³/mol. The number of aromatic nitrogens is 4. The average molecular weight is 334 g/mol. The lowest BCUT2D eigenvalue weighted by Gasteiger charge is -2.07. The van der Waals surface area contributed by atoms with Gasteiger partial charge in [-0.15, -0.1) is 0 Å². The van der Waals surface area contributed by atoms with Gasteiger partial charge in [0.1, 0.15) is 17.2 Å². The fourth-order valence-corrected chi connectivity index (χ4v) is 2.49. The summed E-state index contributed by atoms with van der Waals surface area (Å²) in [4.78, 5) is 13.3. The Morgan fingerprint density at radius 3 is 2.56 bits per heavy atom. The van der Waals surface area contributed by atoms with Crippen LogP contribution in [0.3, 0.4) is 0 Å². The van der Waals surface area contributed by atoms with E-state index in [-0.39, 0.29) is 5.89 Å². The zero-order chi connectivity index (χ0) is 17.2. The summed E-state index contributed by atoms with van der Waals surface area (Å²) in [5, 5.41) is 4.04. The SMILES string of the molecule is COc1ccc(OC)c(-c2noc(-c3cnc4ccccc4n3)n2)c1. The zero-order valence-electron chi connectivity index (χ0n) is 13.6. The number of methoxy groups -OCH3 is 2. The molecule has 7 nitrogen and oxygen atoms in total. The predicted octanol–water partition coefficient (Wildman–Crippen LogP) is 3.36. The zero-order valence-corrected chi connectivity index (χ0v) is 13.6. The highest BCUT2D eigenvalue weighted by atomic mass is 16.5. The van der Waals surface area contributed by atoms with Gasteiger partial charge in [0.25, 0.3) is 5.89 Å². The Kier molecular flexibility index (Phi) is 3.74. The molecule has 0 amide bonds. The van der Waals surface area contributed by atoms with Crippen LogP contribution in [0.15, 0.2) is 53.2 Å². The van der Waals surface area contributed by atoms with Crippen LogP contribution in [0.2, 0.25) is 0 Å². The van der Waals surface area contributed by atoms with Gasteiger partial charge in [-0.1, -0.05) is 17.3 Å². The molecule has 7 heteroatoms. The van der Waals surface area contributed by atoms with Gasteiger partial charge < -0.3 is 14.0 Å². The van der Waals surface area contributed by atoms with Gasteiger partial charge in [0, 0.05) is 0 Å². The first-order chi connectivity index (χ1) is 12.3. The van der Waals surface area contributed by atoms with Crippen molar-refractivity contribution in [1.82, 2.24) is 20.1 Å². The Morgan fingerprint density at radius 2 is 1.76 bits per heavy atom. The van der Waals surface area contributed by atoms with Crippen LogP contribution in [0.5, 0.6) is 11.5 Å². The molecule has 25 heavy (non-hydrogen) atoms. The number of hydrogen-bond acceptors (Lipinski definition) is 7. The van der Waals surface area contributed by atoms with Crippen molar-refractivity contribution in [1.29, 1.82) is 0 Å². The van der Waals surface area contributed by atoms with Crippen LogP contribution in [-0.4, -0.2) is 34.3 Å². The standard InChI is InChI=1S/C18H14N4O3/c1-23-11-7-8-16(24-2)12(9-11)17-21-18(25-22-17)15-10-19-13-5-3-4-6-14(13)20-15/h3-10H,1-2H3. The largest absolute Gasteiger partial charge is 0.497 e. The molecular weight excluding hydrogens is 320 g/mol. The number of fused-ring (bicyclic) bond motifs is 1. The summed E-state index contributed by atoms with van der Waals surface area (Å²) >= 11 is 0. The summed E-state index contributed by atoms with van der Waals surface area (Å²) < 4.78 is 16.0. The first kappa shape index (κ1) is 15.1. The Bertz CT molecular complexity index is 1050. The highest BCUT2D eigenvalue weighted by Crippen LogP contribution is 2.32. The van der Waals surface area contributed by atoms with Crippen molar-refractivity contribution < 1.29 is 14.0 Å². The maximum absolute atomic E-state index is 5.37. The third-order valence-electron chi connectivity index (χ3n) is 3.74. The van der Waals surface area contributed by atoms with E-state index < -0.39 is 0 Å². The Morgan fingerprint density at radius 1 is 0.920 bits per heavy atom. The van der Waals surface area contributed by atoms with E-state index in [0.717, 1.165) is 11.0 Å². The van der Waals surface area contributed by atoms with E-state index in [9.17, 15) is 0 Å². The smallest absolute Gasteiger partial charge is 0.278 e. The molecule has 0 atom stereocenters. The van der Waals surface area contributed by atoms with Gasteiger partial charge in [0.05, 0.1) is 37.0 Å². The third-order valence-corrected chi connectivity index (χ3v) is 3.74. The fraction of sp³-hybridized carbons (Fsp3) is 0.111. The van der Waals surface area contributed by atoms with Crippen molar-refractivity contribution >= 4 is 11.0 Å². The minimum absolute atomic E-state index is 0.290. The normalized spacial score (nSPS) is 10.8. The van der Waals surface area contributed by atoms with E-state index in [4.69, 9.17) is 14.0 Å². The molecule has 0 N–H and O–H groups in total. The molecule has 4 rings (SSSR count). The Labute approximate surface area is 143 Å². The number of hydrogen-bond donors (Lipinski definition) is 0. The minimum Gasteiger partial charge on any atom is -0.497 e. The van der Waals surface area contributed by atoms with Gasteiger partial charge in [-0.05, 0) is 30.3 Å². The van der Waals surface area contributed by atoms with Crippen LogP contribution >= 0.6 is 0 Å². The Hall–Kier alpha value is -3.48. The van der Waals surface area contributed by atoms with E-state index in [1.54, 1.807) is 38.6 Å². The maximum atomic E-state index is 5.37. The van der Waals surface area contributed by atoms with Crippen molar-refractivity contribution in [3.63, 3.8) is 0 Å². The molecule has 0 saturated heterocycles. The lowest BCUT2D eigenvalue weighted by atomic mass is 10.2. The maximum Gasteiger partial charge on any atom is 0.278 e. The second-order valence-corrected chi connectivity index (χ2v) is 5.23. The molecular formula is C18H14N4O3. The molecule has 0 fully saturated rings. The van der Waals surface area contributed by atoms with Crippen LogP contribution in [0, 0.1) is 0 Å². The van der Waals surface area contributed by atoms with Crippen LogP contribution in [-0.2, 0) is 0 Å². The van der Waals surface area contributed by atoms with Crippen molar-refractivity contribution in [2.24, 2.45) is 0 Å². The van der Waals surface area contributed by atoms with E-state index in [1.807, 2.05) is 24.3 Å². The van der Waals surface area contributed by atoms with Crippen LogP contribution < -0.4 is 9.47 Å². The molecule has 0 bridgehead atoms. The van der Waals surface area contributed by atoms with Gasteiger partial charge in [-0.3, -0.25) is 4.98 Å². The van der Waals surface area contributed by atoms with Crippen molar-refractivity contribution in [3.8, 4) is 34.5 Å². The number of nitrogens with zero attached hydrogens (tertiary/aromatic N) is 4. The highest BCUT2D eigenvalue weighted by Gasteiger charge is 2.17. The molecule has 0 aliphatic carbocycles. The Balaban J connectivity index is 1.77. The molecule has 0 saturated carbocycles. The number of para-hydroxylation sites is 2. The molecule has 0 radical (unpaired) electrons. The summed E-state index contributed by atoms with van der Waals surface area (Å²) in [6.45, 7) is 0. The highest BCUT2D eigenvalue weighted by molar-refractivity contribution is 5.76. The molecule has 0 aliphatic heterocycles. The lowest BCUT2D eigenvalue weighted by molar-refractivity contribution is 0.403. The second kappa shape index (κ2) is 6.20. The average Bonchev–Trinajstić information content (AvgIpc) is 3.17. The van der Waals surface area contributed by atoms with Crippen LogP contribution in [0.4, 0.5) is 0 Å². The van der Waals surface area contributed by atoms with E-state index in [2.05, 4.69) is 20.1 Å². The van der Waals surface area contributed by atoms with Crippen LogP contribution in [0.1, 0.15) is 0 Å². The van der Waals surface area contributed by atoms with Crippen molar-refractivity contribution in [3.05, 3.63) is 48.7 Å². The summed E-state index contributed by atoms with van der Waals surface area (Å²) in [7, 11) is 3.18. The summed E-state index contributed by atoms with van der Waals surface area (Å²) in [6.07, 6.45) is 1.61. The van der Waals surface area contributed by atoms with Crippen LogP contribution in [0.25, 0.3) is 34.0 Å². The molecule has 0 spiro atoms. The number of rotatable bonds is 4. The van der Waals surface area contributed by atoms with Gasteiger partial charge in [0.2, 0.25) is 5.82 Å². The van der Waals surface area contributed by atoms with E-state index in [1.165, 1.54) is 0 Å². The number of ether oxygens (including phenoxy) is 2. The second-order valence-electron chi connectivity index (χ2n) is 5.23. The summed E-state index contributed by atoms with van der Waals surface area (Å²) in [5.41, 5.74) is 2.75. The molecule has 2 aromatic heterocycles. The molecule has 2 aromatic carbocycles. The molecule has 0 unspecified atom stereocenters. The van der Waals surface area contributed by atoms with Gasteiger partial charge in [-0.2, -0.15) is 4.98 Å². The molecule has 124 valence electrons. The van der Waals surface area contributed by atoms with Crippen molar-refractivity contribution in [2.75, 3.05) is 14.2 Å². The van der Waals surface area contributed by atoms with Gasteiger partial charge in [-0.25, -0.2) is 4.98 Å². The van der Waals surface area contributed by atoms with Gasteiger partial charge in [0.15, 0.2) is 0 Å². The monoisotopic (exact) mass is 334 g/mol. The summed E-state index contributed by atoms with van der Waals surface area (Å²) in [6, 6.07) is 13.0. The number of benzene rings is 2. The first-order valence-electron chi connectivity index (χ1n) is 7.57. The van der Waals surface area contributed by atoms with Gasteiger partial charge >= 0.3 is 0 Å². The fourth-order valence-electron chi connectivity index (χ4n) is 2.49. The van der Waals surface area contributed by atoms with Crippen molar-refractivity contribution in [2.45, 2.75) is 0 Å². The third kappa shape index (κ3) is 2.76. The quantitative estimate of drug-likeness (QED) is 0.566. The van der Waals surface area contributed by atoms with E-state index >= 15 is 0 Å². The lowest BCUT2D eigenvalue weighted by Crippen LogP contribution is -1.92. The summed E-state index contributed by atoms with van der Waals surface area (Å²) in [5.74, 6) is 1.98. The first-order valence-corrected chi connectivity index (χ1v) is 7.57. The minimum atomic E-state index is 0.290. The molecule has 2 heterocycles. The molecule has 0 aliphatic rings. The topological polar surface area (TPSA) is 83.2 Å². The molecule has 4 aromatic rings.